The largest absolute Gasteiger partial charge is 0.487 e. The summed E-state index contributed by atoms with van der Waals surface area (Å²) < 4.78 is 5.76. The highest BCUT2D eigenvalue weighted by molar-refractivity contribution is 6.34. The zero-order valence-electron chi connectivity index (χ0n) is 17.0. The second-order valence-electron chi connectivity index (χ2n) is 6.43. The average Bonchev–Trinajstić information content (AvgIpc) is 2.78. The zero-order chi connectivity index (χ0) is 22.9. The van der Waals surface area contributed by atoms with Crippen molar-refractivity contribution in [2.75, 3.05) is 19.0 Å². The fourth-order valence-corrected chi connectivity index (χ4v) is 3.03. The first-order valence-corrected chi connectivity index (χ1v) is 10.2. The smallest absolute Gasteiger partial charge is 0.326 e. The SMILES string of the molecule is CON=C(COc1ccc(NC(=O)NC(=O)c2ccccc2Cl)cc1)c1ccc(Cl)cc1. The van der Waals surface area contributed by atoms with Gasteiger partial charge in [0.2, 0.25) is 0 Å². The summed E-state index contributed by atoms with van der Waals surface area (Å²) in [6, 6.07) is 19.6. The van der Waals surface area contributed by atoms with Gasteiger partial charge in [-0.1, -0.05) is 52.6 Å². The Hall–Kier alpha value is -3.55. The molecule has 7 nitrogen and oxygen atoms in total. The standard InChI is InChI=1S/C23H19Cl2N3O4/c1-31-28-21(15-6-8-16(24)9-7-15)14-32-18-12-10-17(11-13-18)26-23(30)27-22(29)19-4-2-3-5-20(19)25/h2-13H,14H2,1H3,(H2,26,27,29,30). The minimum atomic E-state index is -0.680. The van der Waals surface area contributed by atoms with Gasteiger partial charge in [0.1, 0.15) is 25.2 Å². The van der Waals surface area contributed by atoms with Gasteiger partial charge in [-0.15, -0.1) is 0 Å². The van der Waals surface area contributed by atoms with Gasteiger partial charge in [0.15, 0.2) is 0 Å². The number of carbonyl (C=O) groups is 2. The molecule has 0 spiro atoms. The number of urea groups is 1. The number of oxime groups is 1. The van der Waals surface area contributed by atoms with E-state index in [1.165, 1.54) is 13.2 Å². The van der Waals surface area contributed by atoms with Crippen molar-refractivity contribution in [3.63, 3.8) is 0 Å². The van der Waals surface area contributed by atoms with Crippen molar-refractivity contribution in [3.05, 3.63) is 94.0 Å². The molecule has 9 heteroatoms. The first-order valence-electron chi connectivity index (χ1n) is 9.42. The first-order chi connectivity index (χ1) is 15.5. The zero-order valence-corrected chi connectivity index (χ0v) is 18.5. The number of anilines is 1. The van der Waals surface area contributed by atoms with Crippen LogP contribution < -0.4 is 15.4 Å². The number of nitrogens with one attached hydrogen (secondary N) is 2. The van der Waals surface area contributed by atoms with Crippen LogP contribution in [-0.4, -0.2) is 31.4 Å². The van der Waals surface area contributed by atoms with Crippen LogP contribution in [0.1, 0.15) is 15.9 Å². The summed E-state index contributed by atoms with van der Waals surface area (Å²) in [7, 11) is 1.46. The molecule has 0 unspecified atom stereocenters. The van der Waals surface area contributed by atoms with Crippen molar-refractivity contribution in [3.8, 4) is 5.75 Å². The van der Waals surface area contributed by atoms with Crippen molar-refractivity contribution < 1.29 is 19.2 Å². The van der Waals surface area contributed by atoms with Crippen LogP contribution in [0.4, 0.5) is 10.5 Å². The van der Waals surface area contributed by atoms with Crippen LogP contribution >= 0.6 is 23.2 Å². The van der Waals surface area contributed by atoms with E-state index in [2.05, 4.69) is 15.8 Å². The van der Waals surface area contributed by atoms with Crippen molar-refractivity contribution in [1.29, 1.82) is 0 Å². The first kappa shape index (κ1) is 23.1. The Morgan fingerprint density at radius 3 is 2.28 bits per heavy atom. The monoisotopic (exact) mass is 471 g/mol. The molecule has 0 radical (unpaired) electrons. The number of carbonyl (C=O) groups excluding carboxylic acids is 2. The molecule has 0 aromatic heterocycles. The number of nitrogens with zero attached hydrogens (tertiary/aromatic N) is 1. The van der Waals surface area contributed by atoms with E-state index in [-0.39, 0.29) is 17.2 Å². The Kier molecular flexibility index (Phi) is 8.08. The maximum Gasteiger partial charge on any atom is 0.326 e. The quantitative estimate of drug-likeness (QED) is 0.357. The molecule has 164 valence electrons. The summed E-state index contributed by atoms with van der Waals surface area (Å²) in [5, 5.41) is 9.69. The van der Waals surface area contributed by atoms with Gasteiger partial charge in [0.05, 0.1) is 10.6 Å². The topological polar surface area (TPSA) is 89.0 Å². The number of ether oxygens (including phenoxy) is 1. The van der Waals surface area contributed by atoms with Crippen LogP contribution in [-0.2, 0) is 4.84 Å². The van der Waals surface area contributed by atoms with E-state index in [9.17, 15) is 9.59 Å². The second-order valence-corrected chi connectivity index (χ2v) is 7.27. The number of amides is 3. The molecule has 0 saturated carbocycles. The molecule has 0 heterocycles. The van der Waals surface area contributed by atoms with Crippen LogP contribution in [0.5, 0.6) is 5.75 Å². The summed E-state index contributed by atoms with van der Waals surface area (Å²) in [4.78, 5) is 29.2. The molecule has 0 aliphatic carbocycles. The fraction of sp³-hybridized carbons (Fsp3) is 0.0870. The molecular weight excluding hydrogens is 453 g/mol. The molecule has 0 bridgehead atoms. The molecule has 32 heavy (non-hydrogen) atoms. The minimum Gasteiger partial charge on any atom is -0.487 e. The Morgan fingerprint density at radius 2 is 1.62 bits per heavy atom. The average molecular weight is 472 g/mol. The highest BCUT2D eigenvalue weighted by atomic mass is 35.5. The number of imide groups is 1. The predicted octanol–water partition coefficient (Wildman–Crippen LogP) is 5.38. The van der Waals surface area contributed by atoms with Gasteiger partial charge in [-0.25, -0.2) is 4.79 Å². The molecule has 3 aromatic carbocycles. The molecule has 0 aliphatic heterocycles. The van der Waals surface area contributed by atoms with Crippen molar-refractivity contribution in [1.82, 2.24) is 5.32 Å². The van der Waals surface area contributed by atoms with Crippen LogP contribution in [0.15, 0.2) is 78.0 Å². The third-order valence-electron chi connectivity index (χ3n) is 4.21. The van der Waals surface area contributed by atoms with Gasteiger partial charge < -0.3 is 14.9 Å². The van der Waals surface area contributed by atoms with Crippen molar-refractivity contribution >= 4 is 46.5 Å². The molecule has 0 aliphatic rings. The van der Waals surface area contributed by atoms with Crippen molar-refractivity contribution in [2.45, 2.75) is 0 Å². The van der Waals surface area contributed by atoms with Gasteiger partial charge in [-0.3, -0.25) is 10.1 Å². The second kappa shape index (κ2) is 11.2. The van der Waals surface area contributed by atoms with E-state index >= 15 is 0 Å². The lowest BCUT2D eigenvalue weighted by atomic mass is 10.1. The molecule has 0 atom stereocenters. The number of hydrogen-bond donors (Lipinski definition) is 2. The third-order valence-corrected chi connectivity index (χ3v) is 4.79. The highest BCUT2D eigenvalue weighted by Gasteiger charge is 2.13. The Bertz CT molecular complexity index is 1120. The minimum absolute atomic E-state index is 0.162. The lowest BCUT2D eigenvalue weighted by Gasteiger charge is -2.11. The Balaban J connectivity index is 1.55. The van der Waals surface area contributed by atoms with E-state index in [1.54, 1.807) is 54.6 Å². The lowest BCUT2D eigenvalue weighted by molar-refractivity contribution is 0.0967. The molecule has 3 aromatic rings. The predicted molar refractivity (Wildman–Crippen MR) is 125 cm³/mol. The molecule has 0 fully saturated rings. The fourth-order valence-electron chi connectivity index (χ4n) is 2.68. The maximum atomic E-state index is 12.2. The molecule has 3 amide bonds. The van der Waals surface area contributed by atoms with E-state index < -0.39 is 11.9 Å². The van der Waals surface area contributed by atoms with E-state index in [1.807, 2.05) is 12.1 Å². The Morgan fingerprint density at radius 1 is 0.938 bits per heavy atom. The maximum absolute atomic E-state index is 12.2. The van der Waals surface area contributed by atoms with Crippen LogP contribution in [0, 0.1) is 0 Å². The van der Waals surface area contributed by atoms with Gasteiger partial charge in [-0.05, 0) is 48.5 Å². The summed E-state index contributed by atoms with van der Waals surface area (Å²) >= 11 is 11.9. The number of benzene rings is 3. The van der Waals surface area contributed by atoms with E-state index in [0.717, 1.165) is 5.56 Å². The number of hydrogen-bond acceptors (Lipinski definition) is 5. The summed E-state index contributed by atoms with van der Waals surface area (Å²) in [5.41, 5.74) is 2.09. The molecule has 3 rings (SSSR count). The summed E-state index contributed by atoms with van der Waals surface area (Å²) in [5.74, 6) is -0.0407. The van der Waals surface area contributed by atoms with E-state index in [0.29, 0.717) is 22.2 Å². The van der Waals surface area contributed by atoms with Gasteiger partial charge in [0, 0.05) is 16.3 Å². The van der Waals surface area contributed by atoms with Gasteiger partial charge in [-0.2, -0.15) is 0 Å². The number of halogens is 2. The molecule has 2 N–H and O–H groups in total. The highest BCUT2D eigenvalue weighted by Crippen LogP contribution is 2.18. The molecule has 0 saturated heterocycles. The third kappa shape index (κ3) is 6.47. The van der Waals surface area contributed by atoms with E-state index in [4.69, 9.17) is 32.8 Å². The Labute approximate surface area is 194 Å². The van der Waals surface area contributed by atoms with Crippen LogP contribution in [0.3, 0.4) is 0 Å². The summed E-state index contributed by atoms with van der Waals surface area (Å²) in [6.07, 6.45) is 0. The van der Waals surface area contributed by atoms with Crippen LogP contribution in [0.25, 0.3) is 0 Å². The normalized spacial score (nSPS) is 10.9. The molecular formula is C23H19Cl2N3O4. The van der Waals surface area contributed by atoms with Gasteiger partial charge in [0.25, 0.3) is 5.91 Å². The van der Waals surface area contributed by atoms with Crippen molar-refractivity contribution in [2.24, 2.45) is 5.16 Å². The van der Waals surface area contributed by atoms with Gasteiger partial charge >= 0.3 is 6.03 Å². The number of rotatable bonds is 7. The summed E-state index contributed by atoms with van der Waals surface area (Å²) in [6.45, 7) is 0.162. The lowest BCUT2D eigenvalue weighted by Crippen LogP contribution is -2.34. The van der Waals surface area contributed by atoms with Crippen LogP contribution in [0.2, 0.25) is 10.0 Å².